The standard InChI is InChI=1S/C28H38Cl2N2O4/c1-7-23(27(34)31-28(4,5)6)32(18-20-21(29)11-10-12-22(20)30)26(33)16-14-19-13-15-24(35-8-2)25(17-19)36-9-3/h10-13,15,17,23H,7-9,14,16,18H2,1-6H3,(H,31,34). The highest BCUT2D eigenvalue weighted by molar-refractivity contribution is 6.36. The van der Waals surface area contributed by atoms with E-state index in [0.717, 1.165) is 5.56 Å². The number of hydrogen-bond donors (Lipinski definition) is 1. The number of aryl methyl sites for hydroxylation is 1. The third-order valence-corrected chi connectivity index (χ3v) is 6.22. The molecule has 198 valence electrons. The summed E-state index contributed by atoms with van der Waals surface area (Å²) in [6.07, 6.45) is 1.14. The molecule has 0 aliphatic heterocycles. The minimum Gasteiger partial charge on any atom is -0.490 e. The molecule has 36 heavy (non-hydrogen) atoms. The molecule has 0 radical (unpaired) electrons. The summed E-state index contributed by atoms with van der Waals surface area (Å²) >= 11 is 12.8. The van der Waals surface area contributed by atoms with Gasteiger partial charge in [-0.3, -0.25) is 9.59 Å². The van der Waals surface area contributed by atoms with E-state index in [-0.39, 0.29) is 24.8 Å². The van der Waals surface area contributed by atoms with Gasteiger partial charge in [-0.1, -0.05) is 42.3 Å². The number of hydrogen-bond acceptors (Lipinski definition) is 4. The lowest BCUT2D eigenvalue weighted by atomic mass is 10.0. The van der Waals surface area contributed by atoms with Crippen LogP contribution in [-0.4, -0.2) is 41.5 Å². The zero-order chi connectivity index (χ0) is 26.9. The lowest BCUT2D eigenvalue weighted by Crippen LogP contribution is -2.53. The van der Waals surface area contributed by atoms with Crippen LogP contribution in [0, 0.1) is 0 Å². The zero-order valence-corrected chi connectivity index (χ0v) is 23.6. The molecule has 0 fully saturated rings. The molecular weight excluding hydrogens is 499 g/mol. The molecule has 2 rings (SSSR count). The van der Waals surface area contributed by atoms with E-state index in [9.17, 15) is 9.59 Å². The Morgan fingerprint density at radius 1 is 0.972 bits per heavy atom. The second kappa shape index (κ2) is 13.8. The van der Waals surface area contributed by atoms with Gasteiger partial charge < -0.3 is 19.7 Å². The first-order valence-corrected chi connectivity index (χ1v) is 13.2. The smallest absolute Gasteiger partial charge is 0.243 e. The third-order valence-electron chi connectivity index (χ3n) is 5.51. The van der Waals surface area contributed by atoms with Gasteiger partial charge in [0.25, 0.3) is 0 Å². The Morgan fingerprint density at radius 3 is 2.14 bits per heavy atom. The van der Waals surface area contributed by atoms with E-state index in [4.69, 9.17) is 32.7 Å². The van der Waals surface area contributed by atoms with Crippen molar-refractivity contribution in [2.45, 2.75) is 78.9 Å². The van der Waals surface area contributed by atoms with E-state index in [1.165, 1.54) is 0 Å². The van der Waals surface area contributed by atoms with E-state index >= 15 is 0 Å². The molecule has 1 N–H and O–H groups in total. The van der Waals surface area contributed by atoms with Gasteiger partial charge in [-0.25, -0.2) is 0 Å². The summed E-state index contributed by atoms with van der Waals surface area (Å²) in [5.41, 5.74) is 1.13. The lowest BCUT2D eigenvalue weighted by Gasteiger charge is -2.33. The number of amides is 2. The highest BCUT2D eigenvalue weighted by atomic mass is 35.5. The van der Waals surface area contributed by atoms with Crippen LogP contribution in [0.4, 0.5) is 0 Å². The molecule has 0 heterocycles. The van der Waals surface area contributed by atoms with E-state index in [1.54, 1.807) is 23.1 Å². The molecule has 0 aliphatic carbocycles. The maximum absolute atomic E-state index is 13.6. The average Bonchev–Trinajstić information content (AvgIpc) is 2.79. The monoisotopic (exact) mass is 536 g/mol. The molecule has 0 saturated carbocycles. The molecule has 0 saturated heterocycles. The Labute approximate surface area is 225 Å². The van der Waals surface area contributed by atoms with Crippen LogP contribution in [0.15, 0.2) is 36.4 Å². The van der Waals surface area contributed by atoms with Crippen molar-refractivity contribution < 1.29 is 19.1 Å². The number of nitrogens with one attached hydrogen (secondary N) is 1. The van der Waals surface area contributed by atoms with Crippen LogP contribution in [0.25, 0.3) is 0 Å². The highest BCUT2D eigenvalue weighted by Gasteiger charge is 2.31. The Bertz CT molecular complexity index is 1020. The first kappa shape index (κ1) is 29.8. The maximum atomic E-state index is 13.6. The molecule has 8 heteroatoms. The molecular formula is C28H38Cl2N2O4. The predicted octanol–water partition coefficient (Wildman–Crippen LogP) is 6.45. The normalized spacial score (nSPS) is 12.1. The molecule has 1 unspecified atom stereocenters. The van der Waals surface area contributed by atoms with Crippen LogP contribution in [0.5, 0.6) is 11.5 Å². The zero-order valence-electron chi connectivity index (χ0n) is 22.1. The van der Waals surface area contributed by atoms with Crippen molar-refractivity contribution in [3.63, 3.8) is 0 Å². The SMILES string of the molecule is CCOc1ccc(CCC(=O)N(Cc2c(Cl)cccc2Cl)C(CC)C(=O)NC(C)(C)C)cc1OCC. The number of carbonyl (C=O) groups excluding carboxylic acids is 2. The highest BCUT2D eigenvalue weighted by Crippen LogP contribution is 2.30. The summed E-state index contributed by atoms with van der Waals surface area (Å²) in [7, 11) is 0. The van der Waals surface area contributed by atoms with E-state index in [1.807, 2.05) is 59.7 Å². The number of ether oxygens (including phenoxy) is 2. The second-order valence-corrected chi connectivity index (χ2v) is 10.3. The van der Waals surface area contributed by atoms with Gasteiger partial charge >= 0.3 is 0 Å². The summed E-state index contributed by atoms with van der Waals surface area (Å²) in [5.74, 6) is 0.962. The van der Waals surface area contributed by atoms with Crippen molar-refractivity contribution >= 4 is 35.0 Å². The van der Waals surface area contributed by atoms with Gasteiger partial charge in [0.15, 0.2) is 11.5 Å². The van der Waals surface area contributed by atoms with Crippen LogP contribution in [-0.2, 0) is 22.6 Å². The first-order chi connectivity index (χ1) is 17.0. The van der Waals surface area contributed by atoms with E-state index in [2.05, 4.69) is 5.32 Å². The van der Waals surface area contributed by atoms with Crippen molar-refractivity contribution in [2.24, 2.45) is 0 Å². The predicted molar refractivity (Wildman–Crippen MR) is 146 cm³/mol. The fourth-order valence-corrected chi connectivity index (χ4v) is 4.39. The quantitative estimate of drug-likeness (QED) is 0.338. The van der Waals surface area contributed by atoms with Crippen LogP contribution in [0.2, 0.25) is 10.0 Å². The summed E-state index contributed by atoms with van der Waals surface area (Å²) in [6, 6.07) is 10.3. The number of rotatable bonds is 12. The number of benzene rings is 2. The Balaban J connectivity index is 2.31. The Kier molecular flexibility index (Phi) is 11.4. The topological polar surface area (TPSA) is 67.9 Å². The van der Waals surface area contributed by atoms with Crippen LogP contribution in [0.3, 0.4) is 0 Å². The fourth-order valence-electron chi connectivity index (χ4n) is 3.87. The van der Waals surface area contributed by atoms with Crippen LogP contribution in [0.1, 0.15) is 65.5 Å². The van der Waals surface area contributed by atoms with Gasteiger partial charge in [0.2, 0.25) is 11.8 Å². The van der Waals surface area contributed by atoms with Gasteiger partial charge in [-0.05, 0) is 77.3 Å². The molecule has 6 nitrogen and oxygen atoms in total. The second-order valence-electron chi connectivity index (χ2n) is 9.53. The molecule has 0 spiro atoms. The van der Waals surface area contributed by atoms with E-state index < -0.39 is 11.6 Å². The van der Waals surface area contributed by atoms with Crippen molar-refractivity contribution in [3.8, 4) is 11.5 Å². The lowest BCUT2D eigenvalue weighted by molar-refractivity contribution is -0.142. The summed E-state index contributed by atoms with van der Waals surface area (Å²) in [4.78, 5) is 28.4. The van der Waals surface area contributed by atoms with Crippen LogP contribution >= 0.6 is 23.2 Å². The Morgan fingerprint density at radius 2 is 1.58 bits per heavy atom. The minimum absolute atomic E-state index is 0.140. The van der Waals surface area contributed by atoms with Gasteiger partial charge in [0, 0.05) is 34.1 Å². The summed E-state index contributed by atoms with van der Waals surface area (Å²) < 4.78 is 11.4. The van der Waals surface area contributed by atoms with Crippen molar-refractivity contribution in [3.05, 3.63) is 57.6 Å². The summed E-state index contributed by atoms with van der Waals surface area (Å²) in [5, 5.41) is 3.92. The van der Waals surface area contributed by atoms with Crippen molar-refractivity contribution in [1.29, 1.82) is 0 Å². The summed E-state index contributed by atoms with van der Waals surface area (Å²) in [6.45, 7) is 12.6. The third kappa shape index (κ3) is 8.59. The molecule has 2 amide bonds. The van der Waals surface area contributed by atoms with Crippen LogP contribution < -0.4 is 14.8 Å². The molecule has 0 aliphatic rings. The van der Waals surface area contributed by atoms with Gasteiger partial charge in [0.1, 0.15) is 6.04 Å². The largest absolute Gasteiger partial charge is 0.490 e. The minimum atomic E-state index is -0.664. The molecule has 2 aromatic rings. The molecule has 2 aromatic carbocycles. The van der Waals surface area contributed by atoms with Gasteiger partial charge in [-0.2, -0.15) is 0 Å². The molecule has 1 atom stereocenters. The van der Waals surface area contributed by atoms with Gasteiger partial charge in [-0.15, -0.1) is 0 Å². The Hall–Kier alpha value is -2.44. The van der Waals surface area contributed by atoms with Gasteiger partial charge in [0.05, 0.1) is 13.2 Å². The number of nitrogens with zero attached hydrogens (tertiary/aromatic N) is 1. The van der Waals surface area contributed by atoms with Crippen molar-refractivity contribution in [2.75, 3.05) is 13.2 Å². The molecule has 0 bridgehead atoms. The fraction of sp³-hybridized carbons (Fsp3) is 0.500. The average molecular weight is 538 g/mol. The van der Waals surface area contributed by atoms with E-state index in [0.29, 0.717) is 53.2 Å². The first-order valence-electron chi connectivity index (χ1n) is 12.4. The number of halogens is 2. The number of carbonyl (C=O) groups is 2. The molecule has 0 aromatic heterocycles. The van der Waals surface area contributed by atoms with Crippen molar-refractivity contribution in [1.82, 2.24) is 10.2 Å². The maximum Gasteiger partial charge on any atom is 0.243 e.